The lowest BCUT2D eigenvalue weighted by molar-refractivity contribution is -0.144. The molecule has 0 radical (unpaired) electrons. The van der Waals surface area contributed by atoms with Gasteiger partial charge < -0.3 is 10.2 Å². The lowest BCUT2D eigenvalue weighted by Gasteiger charge is -2.38. The number of aryl methyl sites for hydroxylation is 1. The van der Waals surface area contributed by atoms with Crippen LogP contribution in [-0.2, 0) is 9.59 Å². The number of hydrogen-bond acceptors (Lipinski definition) is 4. The lowest BCUT2D eigenvalue weighted by Crippen LogP contribution is -2.51. The normalized spacial score (nSPS) is 16.0. The lowest BCUT2D eigenvalue weighted by atomic mass is 9.89. The molecule has 1 N–H and O–H groups in total. The molecule has 24 heavy (non-hydrogen) atoms. The van der Waals surface area contributed by atoms with Gasteiger partial charge >= 0.3 is 0 Å². The highest BCUT2D eigenvalue weighted by atomic mass is 35.5. The maximum absolute atomic E-state index is 12.9. The molecule has 0 atom stereocenters. The van der Waals surface area contributed by atoms with Gasteiger partial charge in [0, 0.05) is 17.3 Å². The molecule has 0 unspecified atom stereocenters. The molecule has 1 aromatic heterocycles. The summed E-state index contributed by atoms with van der Waals surface area (Å²) in [6.45, 7) is 5.61. The number of hydrogen-bond donors (Lipinski definition) is 1. The van der Waals surface area contributed by atoms with Gasteiger partial charge in [0.05, 0.1) is 11.1 Å². The van der Waals surface area contributed by atoms with Crippen molar-refractivity contribution in [3.05, 3.63) is 11.1 Å². The second-order valence-electron chi connectivity index (χ2n) is 7.08. The summed E-state index contributed by atoms with van der Waals surface area (Å²) in [4.78, 5) is 31.3. The van der Waals surface area contributed by atoms with Gasteiger partial charge in [-0.3, -0.25) is 9.59 Å². The Morgan fingerprint density at radius 2 is 2.04 bits per heavy atom. The molecule has 5 nitrogen and oxygen atoms in total. The van der Waals surface area contributed by atoms with E-state index in [4.69, 9.17) is 11.6 Å². The first-order chi connectivity index (χ1) is 11.3. The summed E-state index contributed by atoms with van der Waals surface area (Å²) >= 11 is 7.38. The molecule has 1 heterocycles. The van der Waals surface area contributed by atoms with Crippen molar-refractivity contribution in [3.63, 3.8) is 0 Å². The van der Waals surface area contributed by atoms with Crippen LogP contribution in [-0.4, -0.2) is 40.2 Å². The predicted octanol–water partition coefficient (Wildman–Crippen LogP) is 3.82. The van der Waals surface area contributed by atoms with Crippen LogP contribution in [0.25, 0.3) is 0 Å². The Labute approximate surface area is 152 Å². The molecule has 0 bridgehead atoms. The molecule has 2 amide bonds. The second-order valence-corrected chi connectivity index (χ2v) is 8.21. The van der Waals surface area contributed by atoms with Crippen LogP contribution < -0.4 is 5.32 Å². The monoisotopic (exact) mass is 371 g/mol. The number of nitrogens with zero attached hydrogens (tertiary/aromatic N) is 2. The predicted molar refractivity (Wildman–Crippen MR) is 98.6 cm³/mol. The Balaban J connectivity index is 2.09. The molecule has 0 aliphatic heterocycles. The Morgan fingerprint density at radius 3 is 2.58 bits per heavy atom. The fraction of sp³-hybridized carbons (Fsp3) is 0.706. The quantitative estimate of drug-likeness (QED) is 0.773. The smallest absolute Gasteiger partial charge is 0.245 e. The fourth-order valence-corrected chi connectivity index (χ4v) is 3.75. The van der Waals surface area contributed by atoms with Crippen LogP contribution in [0.4, 0.5) is 5.13 Å². The third-order valence-corrected chi connectivity index (χ3v) is 5.91. The zero-order valence-corrected chi connectivity index (χ0v) is 16.2. The molecule has 0 spiro atoms. The molecule has 134 valence electrons. The van der Waals surface area contributed by atoms with Crippen molar-refractivity contribution in [1.29, 1.82) is 0 Å². The highest BCUT2D eigenvalue weighted by molar-refractivity contribution is 7.13. The van der Waals surface area contributed by atoms with Gasteiger partial charge in [-0.15, -0.1) is 22.9 Å². The number of halogens is 1. The highest BCUT2D eigenvalue weighted by Gasteiger charge is 2.36. The summed E-state index contributed by atoms with van der Waals surface area (Å²) in [6.07, 6.45) is 5.30. The van der Waals surface area contributed by atoms with Gasteiger partial charge in [-0.05, 0) is 33.6 Å². The van der Waals surface area contributed by atoms with Gasteiger partial charge in [-0.1, -0.05) is 19.3 Å². The molecule has 2 rings (SSSR count). The first-order valence-electron chi connectivity index (χ1n) is 8.42. The fourth-order valence-electron chi connectivity index (χ4n) is 2.93. The van der Waals surface area contributed by atoms with E-state index < -0.39 is 5.41 Å². The maximum Gasteiger partial charge on any atom is 0.245 e. The Hall–Kier alpha value is -1.14. The molecule has 1 aliphatic rings. The molecule has 1 fully saturated rings. The van der Waals surface area contributed by atoms with Crippen molar-refractivity contribution < 1.29 is 9.59 Å². The number of nitrogens with one attached hydrogen (secondary N) is 1. The van der Waals surface area contributed by atoms with Gasteiger partial charge in [0.1, 0.15) is 6.54 Å². The van der Waals surface area contributed by atoms with Gasteiger partial charge in [-0.25, -0.2) is 4.98 Å². The Kier molecular flexibility index (Phi) is 6.63. The van der Waals surface area contributed by atoms with Crippen molar-refractivity contribution >= 4 is 39.9 Å². The van der Waals surface area contributed by atoms with Crippen LogP contribution in [0.1, 0.15) is 51.6 Å². The van der Waals surface area contributed by atoms with E-state index in [9.17, 15) is 9.59 Å². The van der Waals surface area contributed by atoms with Gasteiger partial charge in [0.25, 0.3) is 0 Å². The average Bonchev–Trinajstić information content (AvgIpc) is 2.97. The molecule has 7 heteroatoms. The van der Waals surface area contributed by atoms with Gasteiger partial charge in [0.15, 0.2) is 5.13 Å². The van der Waals surface area contributed by atoms with Crippen molar-refractivity contribution in [2.24, 2.45) is 5.41 Å². The summed E-state index contributed by atoms with van der Waals surface area (Å²) < 4.78 is 0. The van der Waals surface area contributed by atoms with Crippen LogP contribution in [0, 0.1) is 12.3 Å². The Bertz CT molecular complexity index is 582. The van der Waals surface area contributed by atoms with Crippen LogP contribution in [0.2, 0.25) is 0 Å². The number of rotatable bonds is 6. The number of carbonyl (C=O) groups is 2. The largest absolute Gasteiger partial charge is 0.330 e. The SMILES string of the molecule is Cc1csc(NC(=O)CN(C(=O)C(C)(C)CCl)C2CCCCC2)n1. The van der Waals surface area contributed by atoms with Crippen molar-refractivity contribution in [2.75, 3.05) is 17.7 Å². The number of thiazole rings is 1. The minimum Gasteiger partial charge on any atom is -0.330 e. The topological polar surface area (TPSA) is 62.3 Å². The Morgan fingerprint density at radius 1 is 1.38 bits per heavy atom. The van der Waals surface area contributed by atoms with E-state index >= 15 is 0 Å². The number of carbonyl (C=O) groups excluding carboxylic acids is 2. The summed E-state index contributed by atoms with van der Waals surface area (Å²) in [5.74, 6) is -0.00831. The van der Waals surface area contributed by atoms with Crippen LogP contribution in [0.3, 0.4) is 0 Å². The standard InChI is InChI=1S/C17H26ClN3O2S/c1-12-10-24-16(19-12)20-14(22)9-21(13-7-5-4-6-8-13)15(23)17(2,3)11-18/h10,13H,4-9,11H2,1-3H3,(H,19,20,22). The number of anilines is 1. The number of alkyl halides is 1. The van der Waals surface area contributed by atoms with Gasteiger partial charge in [-0.2, -0.15) is 0 Å². The van der Waals surface area contributed by atoms with Crippen LogP contribution in [0.5, 0.6) is 0 Å². The second kappa shape index (κ2) is 8.30. The maximum atomic E-state index is 12.9. The van der Waals surface area contributed by atoms with Gasteiger partial charge in [0.2, 0.25) is 11.8 Å². The average molecular weight is 372 g/mol. The van der Waals surface area contributed by atoms with E-state index in [1.54, 1.807) is 4.90 Å². The van der Waals surface area contributed by atoms with E-state index in [2.05, 4.69) is 10.3 Å². The third kappa shape index (κ3) is 4.93. The van der Waals surface area contributed by atoms with E-state index in [1.165, 1.54) is 17.8 Å². The number of amides is 2. The molecule has 1 aromatic rings. The van der Waals surface area contributed by atoms with E-state index in [-0.39, 0.29) is 30.3 Å². The summed E-state index contributed by atoms with van der Waals surface area (Å²) in [5, 5.41) is 5.26. The van der Waals surface area contributed by atoms with E-state index in [0.717, 1.165) is 31.4 Å². The minimum atomic E-state index is -0.670. The van der Waals surface area contributed by atoms with E-state index in [1.807, 2.05) is 26.2 Å². The van der Waals surface area contributed by atoms with Crippen molar-refractivity contribution in [2.45, 2.75) is 58.9 Å². The first-order valence-corrected chi connectivity index (χ1v) is 9.84. The molecule has 1 saturated carbocycles. The zero-order chi connectivity index (χ0) is 17.7. The van der Waals surface area contributed by atoms with E-state index in [0.29, 0.717) is 5.13 Å². The van der Waals surface area contributed by atoms with Crippen LogP contribution in [0.15, 0.2) is 5.38 Å². The third-order valence-electron chi connectivity index (χ3n) is 4.37. The zero-order valence-electron chi connectivity index (χ0n) is 14.6. The first kappa shape index (κ1) is 19.2. The van der Waals surface area contributed by atoms with Crippen molar-refractivity contribution in [1.82, 2.24) is 9.88 Å². The summed E-state index contributed by atoms with van der Waals surface area (Å²) in [7, 11) is 0. The number of aromatic nitrogens is 1. The molecule has 0 aromatic carbocycles. The summed E-state index contributed by atoms with van der Waals surface area (Å²) in [6, 6.07) is 0.123. The highest BCUT2D eigenvalue weighted by Crippen LogP contribution is 2.28. The minimum absolute atomic E-state index is 0.0464. The van der Waals surface area contributed by atoms with Crippen molar-refractivity contribution in [3.8, 4) is 0 Å². The van der Waals surface area contributed by atoms with Crippen LogP contribution >= 0.6 is 22.9 Å². The molecule has 0 saturated heterocycles. The summed E-state index contributed by atoms with van der Waals surface area (Å²) in [5.41, 5.74) is 0.204. The molecule has 1 aliphatic carbocycles. The molecular weight excluding hydrogens is 346 g/mol. The molecular formula is C17H26ClN3O2S.